The molecule has 0 aromatic heterocycles. The molecule has 2 aliphatic carbocycles. The number of rotatable bonds is 3. The van der Waals surface area contributed by atoms with Gasteiger partial charge in [-0.3, -0.25) is 0 Å². The molecule has 7 heteroatoms. The summed E-state index contributed by atoms with van der Waals surface area (Å²) in [6, 6.07) is 8.74. The Hall–Kier alpha value is -2.35. The molecule has 0 radical (unpaired) electrons. The minimum atomic E-state index is -3.77. The quantitative estimate of drug-likeness (QED) is 0.721. The van der Waals surface area contributed by atoms with Gasteiger partial charge in [0.1, 0.15) is 12.2 Å². The van der Waals surface area contributed by atoms with E-state index in [4.69, 9.17) is 9.47 Å². The molecule has 168 valence electrons. The van der Waals surface area contributed by atoms with E-state index in [0.29, 0.717) is 22.8 Å². The minimum absolute atomic E-state index is 0.150. The summed E-state index contributed by atoms with van der Waals surface area (Å²) in [5.74, 6) is 1.18. The fraction of sp³-hybridized carbons (Fsp3) is 0.440. The lowest BCUT2D eigenvalue weighted by molar-refractivity contribution is -0.0455. The number of likely N-dealkylation sites (N-methyl/N-ethyl adjacent to an activating group) is 1. The number of aryl methyl sites for hydroxylation is 1. The van der Waals surface area contributed by atoms with Gasteiger partial charge in [0.2, 0.25) is 9.84 Å². The summed E-state index contributed by atoms with van der Waals surface area (Å²) in [4.78, 5) is 2.89. The average molecular weight is 454 g/mol. The Morgan fingerprint density at radius 2 is 1.97 bits per heavy atom. The summed E-state index contributed by atoms with van der Waals surface area (Å²) in [6.07, 6.45) is 4.20. The van der Waals surface area contributed by atoms with E-state index in [2.05, 4.69) is 18.0 Å². The van der Waals surface area contributed by atoms with Crippen LogP contribution in [0.1, 0.15) is 23.1 Å². The van der Waals surface area contributed by atoms with Crippen LogP contribution >= 0.6 is 0 Å². The number of piperidine rings is 1. The van der Waals surface area contributed by atoms with Crippen molar-refractivity contribution >= 4 is 9.84 Å². The molecule has 2 aromatic rings. The Kier molecular flexibility index (Phi) is 4.17. The number of sulfone groups is 1. The highest BCUT2D eigenvalue weighted by molar-refractivity contribution is 7.91. The lowest BCUT2D eigenvalue weighted by Crippen LogP contribution is -2.64. The number of benzene rings is 2. The first kappa shape index (κ1) is 20.3. The van der Waals surface area contributed by atoms with Crippen molar-refractivity contribution in [2.75, 3.05) is 20.7 Å². The average Bonchev–Trinajstić information content (AvgIpc) is 3.13. The van der Waals surface area contributed by atoms with Crippen molar-refractivity contribution in [1.29, 1.82) is 0 Å². The normalized spacial score (nSPS) is 32.4. The molecule has 0 unspecified atom stereocenters. The van der Waals surface area contributed by atoms with Crippen molar-refractivity contribution in [2.24, 2.45) is 5.92 Å². The highest BCUT2D eigenvalue weighted by atomic mass is 32.2. The smallest absolute Gasteiger partial charge is 0.207 e. The van der Waals surface area contributed by atoms with Gasteiger partial charge in [0.25, 0.3) is 0 Å². The maximum absolute atomic E-state index is 13.9. The third kappa shape index (κ3) is 2.39. The molecular weight excluding hydrogens is 426 g/mol. The van der Waals surface area contributed by atoms with E-state index in [9.17, 15) is 13.5 Å². The minimum Gasteiger partial charge on any atom is -0.493 e. The molecule has 1 fully saturated rings. The second kappa shape index (κ2) is 6.59. The van der Waals surface area contributed by atoms with Gasteiger partial charge in [0.15, 0.2) is 11.5 Å². The van der Waals surface area contributed by atoms with Crippen molar-refractivity contribution in [1.82, 2.24) is 4.90 Å². The van der Waals surface area contributed by atoms with Gasteiger partial charge >= 0.3 is 0 Å². The second-order valence-corrected chi connectivity index (χ2v) is 11.5. The molecule has 5 atom stereocenters. The van der Waals surface area contributed by atoms with Gasteiger partial charge in [-0.2, -0.15) is 0 Å². The molecule has 1 spiro atoms. The van der Waals surface area contributed by atoms with Gasteiger partial charge in [-0.25, -0.2) is 8.42 Å². The van der Waals surface area contributed by atoms with Crippen LogP contribution < -0.4 is 9.47 Å². The number of methoxy groups -OCH3 is 1. The van der Waals surface area contributed by atoms with E-state index in [1.54, 1.807) is 18.2 Å². The molecule has 0 amide bonds. The lowest BCUT2D eigenvalue weighted by Gasteiger charge is -2.56. The Bertz CT molecular complexity index is 1250. The summed E-state index contributed by atoms with van der Waals surface area (Å²) in [6.45, 7) is 2.81. The van der Waals surface area contributed by atoms with Crippen molar-refractivity contribution < 1.29 is 23.0 Å². The summed E-state index contributed by atoms with van der Waals surface area (Å²) in [5, 5.41) is 10.9. The van der Waals surface area contributed by atoms with Gasteiger partial charge in [-0.15, -0.1) is 0 Å². The van der Waals surface area contributed by atoms with Crippen LogP contribution in [0.3, 0.4) is 0 Å². The Morgan fingerprint density at radius 1 is 1.22 bits per heavy atom. The number of likely N-dealkylation sites (tertiary alicyclic amines) is 1. The first-order chi connectivity index (χ1) is 15.3. The van der Waals surface area contributed by atoms with Crippen LogP contribution in [0.2, 0.25) is 0 Å². The predicted octanol–water partition coefficient (Wildman–Crippen LogP) is 2.64. The molecule has 2 aliphatic heterocycles. The summed E-state index contributed by atoms with van der Waals surface area (Å²) in [7, 11) is -0.126. The molecule has 2 bridgehead atoms. The second-order valence-electron chi connectivity index (χ2n) is 9.56. The van der Waals surface area contributed by atoms with Gasteiger partial charge in [-0.05, 0) is 51.1 Å². The monoisotopic (exact) mass is 453 g/mol. The fourth-order valence-corrected chi connectivity index (χ4v) is 8.03. The Labute approximate surface area is 188 Å². The first-order valence-electron chi connectivity index (χ1n) is 11.1. The molecule has 4 aliphatic rings. The van der Waals surface area contributed by atoms with Crippen molar-refractivity contribution in [3.05, 3.63) is 59.2 Å². The molecule has 2 heterocycles. The number of hydrogen-bond donors (Lipinski definition) is 1. The zero-order chi connectivity index (χ0) is 22.4. The van der Waals surface area contributed by atoms with Gasteiger partial charge in [-0.1, -0.05) is 29.8 Å². The molecule has 0 saturated carbocycles. The maximum atomic E-state index is 13.9. The molecule has 6 nitrogen and oxygen atoms in total. The molecule has 1 saturated heterocycles. The van der Waals surface area contributed by atoms with Crippen LogP contribution in [-0.4, -0.2) is 57.4 Å². The van der Waals surface area contributed by atoms with Gasteiger partial charge in [0, 0.05) is 29.0 Å². The van der Waals surface area contributed by atoms with E-state index >= 15 is 0 Å². The van der Waals surface area contributed by atoms with E-state index in [-0.39, 0.29) is 16.9 Å². The molecule has 32 heavy (non-hydrogen) atoms. The molecule has 1 N–H and O–H groups in total. The van der Waals surface area contributed by atoms with Crippen LogP contribution in [0, 0.1) is 12.8 Å². The third-order valence-corrected chi connectivity index (χ3v) is 9.90. The third-order valence-electron chi connectivity index (χ3n) is 8.06. The number of aliphatic hydroxyl groups is 1. The first-order valence-corrected chi connectivity index (χ1v) is 12.6. The van der Waals surface area contributed by atoms with E-state index in [0.717, 1.165) is 29.7 Å². The van der Waals surface area contributed by atoms with Crippen LogP contribution in [0.4, 0.5) is 0 Å². The molecule has 6 rings (SSSR count). The summed E-state index contributed by atoms with van der Waals surface area (Å²) < 4.78 is 39.8. The largest absolute Gasteiger partial charge is 0.493 e. The van der Waals surface area contributed by atoms with Crippen LogP contribution in [0.25, 0.3) is 0 Å². The van der Waals surface area contributed by atoms with E-state index in [1.165, 1.54) is 7.11 Å². The summed E-state index contributed by atoms with van der Waals surface area (Å²) in [5.41, 5.74) is 2.32. The topological polar surface area (TPSA) is 76.1 Å². The maximum Gasteiger partial charge on any atom is 0.207 e. The van der Waals surface area contributed by atoms with Gasteiger partial charge in [0.05, 0.1) is 16.9 Å². The van der Waals surface area contributed by atoms with E-state index in [1.807, 2.05) is 25.1 Å². The Morgan fingerprint density at radius 3 is 2.69 bits per heavy atom. The van der Waals surface area contributed by atoms with Crippen molar-refractivity contribution in [3.63, 3.8) is 0 Å². The Balaban J connectivity index is 1.66. The lowest BCUT2D eigenvalue weighted by atomic mass is 9.53. The number of ether oxygens (including phenoxy) is 2. The van der Waals surface area contributed by atoms with Crippen LogP contribution in [0.5, 0.6) is 11.5 Å². The van der Waals surface area contributed by atoms with Crippen LogP contribution in [-0.2, 0) is 21.7 Å². The summed E-state index contributed by atoms with van der Waals surface area (Å²) >= 11 is 0. The highest BCUT2D eigenvalue weighted by Gasteiger charge is 2.65. The highest BCUT2D eigenvalue weighted by Crippen LogP contribution is 2.63. The predicted molar refractivity (Wildman–Crippen MR) is 119 cm³/mol. The molecular formula is C25H27NO5S. The van der Waals surface area contributed by atoms with Crippen molar-refractivity contribution in [2.45, 2.75) is 53.2 Å². The molecule has 2 aromatic carbocycles. The van der Waals surface area contributed by atoms with Crippen LogP contribution in [0.15, 0.2) is 52.3 Å². The standard InChI is InChI=1S/C25H27NO5S/c1-14-4-6-15(7-5-14)32(28,29)21-13-20(30-3)23-22-16(21)12-18-17-8-9-19(27)24(31-23)25(17,22)10-11-26(18)2/h4-9,13,17-19,24,27H,10-12H2,1-3H3/t17-,18+,19-,24-,25-/m0/s1. The SMILES string of the molecule is COc1cc(S(=O)(=O)c2ccc(C)cc2)c2c3c1O[C@H]1[C@@H](O)C=C[C@H]4[C@@H](C2)N(C)CC[C@@]341. The zero-order valence-electron chi connectivity index (χ0n) is 18.4. The van der Waals surface area contributed by atoms with Crippen molar-refractivity contribution in [3.8, 4) is 11.5 Å². The number of aliphatic hydroxyl groups excluding tert-OH is 1. The van der Waals surface area contributed by atoms with E-state index < -0.39 is 27.5 Å². The zero-order valence-corrected chi connectivity index (χ0v) is 19.2. The fourth-order valence-electron chi connectivity index (χ4n) is 6.51. The number of hydrogen-bond acceptors (Lipinski definition) is 6. The van der Waals surface area contributed by atoms with Gasteiger partial charge < -0.3 is 19.5 Å². The number of nitrogens with zero attached hydrogens (tertiary/aromatic N) is 1.